The molecule has 4 N–H and O–H groups in total. The number of anilines is 2. The Morgan fingerprint density at radius 2 is 1.50 bits per heavy atom. The molecule has 134 valence electrons. The van der Waals surface area contributed by atoms with Crippen LogP contribution >= 0.6 is 0 Å². The number of ether oxygens (including phenoxy) is 2. The zero-order valence-corrected chi connectivity index (χ0v) is 16.3. The molecule has 0 spiro atoms. The van der Waals surface area contributed by atoms with Crippen molar-refractivity contribution in [1.29, 1.82) is 0 Å². The van der Waals surface area contributed by atoms with Crippen molar-refractivity contribution in [2.45, 2.75) is 5.30 Å². The molecule has 1 heterocycles. The third-order valence-electron chi connectivity index (χ3n) is 4.44. The summed E-state index contributed by atoms with van der Waals surface area (Å²) >= 11 is 0. The zero-order valence-electron chi connectivity index (χ0n) is 16.3. The zero-order chi connectivity index (χ0) is 22.2. The van der Waals surface area contributed by atoms with Crippen LogP contribution in [-0.4, -0.2) is 64.5 Å². The highest BCUT2D eigenvalue weighted by atomic mass is 16.5. The molecule has 12 radical (unpaired) electrons. The van der Waals surface area contributed by atoms with E-state index in [1.54, 1.807) is 18.2 Å². The van der Waals surface area contributed by atoms with E-state index in [0.29, 0.717) is 28.2 Å². The molecule has 0 unspecified atom stereocenters. The van der Waals surface area contributed by atoms with Gasteiger partial charge in [-0.15, -0.1) is 0 Å². The minimum atomic E-state index is -2.03. The largest absolute Gasteiger partial charge is 0.513 e. The minimum Gasteiger partial charge on any atom is -0.513 e. The van der Waals surface area contributed by atoms with Gasteiger partial charge in [-0.1, -0.05) is 23.1 Å². The molecule has 3 aromatic rings. The Morgan fingerprint density at radius 1 is 0.867 bits per heavy atom. The molecule has 0 bridgehead atoms. The molecule has 0 saturated heterocycles. The normalized spacial score (nSPS) is 11.2. The lowest BCUT2D eigenvalue weighted by Crippen LogP contribution is -2.42. The molecular formula is C19H13B6N3O2. The Balaban J connectivity index is 2.25. The Morgan fingerprint density at radius 3 is 2.07 bits per heavy atom. The summed E-state index contributed by atoms with van der Waals surface area (Å²) in [6, 6.07) is 8.92. The minimum absolute atomic E-state index is 0.0439. The molecule has 0 atom stereocenters. The summed E-state index contributed by atoms with van der Waals surface area (Å²) in [7, 11) is 36.9. The smallest absolute Gasteiger partial charge is 0.152 e. The lowest BCUT2D eigenvalue weighted by molar-refractivity contribution is 0.298. The second-order valence-corrected chi connectivity index (χ2v) is 6.71. The molecule has 11 heteroatoms. The van der Waals surface area contributed by atoms with Gasteiger partial charge in [-0.05, 0) is 45.7 Å². The van der Waals surface area contributed by atoms with Crippen LogP contribution in [0.3, 0.4) is 0 Å². The van der Waals surface area contributed by atoms with Gasteiger partial charge in [-0.25, -0.2) is 4.98 Å². The van der Waals surface area contributed by atoms with Gasteiger partial charge >= 0.3 is 0 Å². The number of nitrogen functional groups attached to an aromatic ring is 2. The summed E-state index contributed by atoms with van der Waals surface area (Å²) in [5, 5.41) is -2.03. The molecule has 0 aliphatic rings. The monoisotopic (exact) mass is 381 g/mol. The summed E-state index contributed by atoms with van der Waals surface area (Å²) < 4.78 is 10.7. The molecule has 0 fully saturated rings. The molecule has 0 amide bonds. The number of benzene rings is 2. The number of hydrogen-bond acceptors (Lipinski definition) is 5. The van der Waals surface area contributed by atoms with Crippen LogP contribution in [0.1, 0.15) is 0 Å². The molecule has 1 aromatic heterocycles. The van der Waals surface area contributed by atoms with Gasteiger partial charge in [-0.3, -0.25) is 0 Å². The molecule has 0 aliphatic heterocycles. The molecule has 0 aliphatic carbocycles. The summed E-state index contributed by atoms with van der Waals surface area (Å²) in [6.45, 7) is 0. The van der Waals surface area contributed by atoms with E-state index in [1.165, 1.54) is 13.3 Å². The lowest BCUT2D eigenvalue weighted by atomic mass is 9.52. The first-order valence-corrected chi connectivity index (χ1v) is 8.75. The Hall–Kier alpha value is -2.82. The van der Waals surface area contributed by atoms with Crippen molar-refractivity contribution in [3.8, 4) is 33.8 Å². The van der Waals surface area contributed by atoms with Crippen molar-refractivity contribution in [1.82, 2.24) is 4.98 Å². The van der Waals surface area contributed by atoms with Gasteiger partial charge in [-0.2, -0.15) is 0 Å². The maximum Gasteiger partial charge on any atom is 0.152 e. The maximum absolute atomic E-state index is 6.33. The van der Waals surface area contributed by atoms with Crippen molar-refractivity contribution in [2.75, 3.05) is 18.6 Å². The number of aromatic nitrogens is 1. The number of pyridine rings is 1. The van der Waals surface area contributed by atoms with E-state index in [4.69, 9.17) is 68.0 Å². The number of hydrogen-bond donors (Lipinski definition) is 2. The number of rotatable bonds is 5. The van der Waals surface area contributed by atoms with Gasteiger partial charge < -0.3 is 20.9 Å². The highest BCUT2D eigenvalue weighted by Crippen LogP contribution is 2.32. The molecule has 2 aromatic carbocycles. The quantitative estimate of drug-likeness (QED) is 0.415. The summed E-state index contributed by atoms with van der Waals surface area (Å²) in [5.74, 6) is 0.322. The van der Waals surface area contributed by atoms with Gasteiger partial charge in [0.25, 0.3) is 0 Å². The van der Waals surface area contributed by atoms with Crippen LogP contribution in [-0.2, 0) is 0 Å². The van der Waals surface area contributed by atoms with Gasteiger partial charge in [0.05, 0.1) is 7.11 Å². The fraction of sp³-hybridized carbons (Fsp3) is 0.105. The van der Waals surface area contributed by atoms with Gasteiger partial charge in [0.15, 0.2) is 11.5 Å². The average Bonchev–Trinajstić information content (AvgIpc) is 2.67. The Kier molecular flexibility index (Phi) is 5.93. The molecular weight excluding hydrogens is 367 g/mol. The summed E-state index contributed by atoms with van der Waals surface area (Å²) in [4.78, 5) is 4.26. The first kappa shape index (κ1) is 21.9. The maximum atomic E-state index is 6.33. The van der Waals surface area contributed by atoms with Crippen molar-refractivity contribution in [2.24, 2.45) is 0 Å². The number of methoxy groups -OCH3 is 1. The van der Waals surface area contributed by atoms with E-state index in [0.717, 1.165) is 5.56 Å². The average molecular weight is 380 g/mol. The van der Waals surface area contributed by atoms with E-state index in [9.17, 15) is 0 Å². The van der Waals surface area contributed by atoms with Gasteiger partial charge in [0.1, 0.15) is 52.9 Å². The standard InChI is InChI=1S/C19H13B6N3O2/c1-29-16-15(22)13(20)12(14(21)17(16)30-19(23,24)25)9-6-11(18(27)28-7-9)8-2-4-10(26)5-3-8/h2-7H,26H2,1H3,(H2,27,28). The SMILES string of the molecule is [B]c1c([B])c(-c2cnc(N)c(-c3ccc(N)cc3)c2)c([B])c(OC([B])([B])[B])c1OC. The van der Waals surface area contributed by atoms with Crippen LogP contribution < -0.4 is 37.3 Å². The van der Waals surface area contributed by atoms with E-state index in [1.807, 2.05) is 12.1 Å². The van der Waals surface area contributed by atoms with Gasteiger partial charge in [0, 0.05) is 17.4 Å². The second-order valence-electron chi connectivity index (χ2n) is 6.71. The third kappa shape index (κ3) is 4.20. The van der Waals surface area contributed by atoms with E-state index in [2.05, 4.69) is 4.98 Å². The van der Waals surface area contributed by atoms with Gasteiger partial charge in [0.2, 0.25) is 0 Å². The first-order valence-electron chi connectivity index (χ1n) is 8.75. The Labute approximate surface area is 183 Å². The molecule has 5 nitrogen and oxygen atoms in total. The van der Waals surface area contributed by atoms with Crippen molar-refractivity contribution in [3.05, 3.63) is 36.5 Å². The predicted molar refractivity (Wildman–Crippen MR) is 127 cm³/mol. The van der Waals surface area contributed by atoms with Crippen LogP contribution in [0.4, 0.5) is 11.5 Å². The molecule has 3 rings (SSSR count). The third-order valence-corrected chi connectivity index (χ3v) is 4.44. The number of nitrogens with zero attached hydrogens (tertiary/aromatic N) is 1. The highest BCUT2D eigenvalue weighted by Gasteiger charge is 2.23. The van der Waals surface area contributed by atoms with E-state index >= 15 is 0 Å². The highest BCUT2D eigenvalue weighted by molar-refractivity contribution is 6.59. The Bertz CT molecular complexity index is 1100. The van der Waals surface area contributed by atoms with Crippen LogP contribution in [0, 0.1) is 0 Å². The topological polar surface area (TPSA) is 83.4 Å². The fourth-order valence-electron chi connectivity index (χ4n) is 3.06. The fourth-order valence-corrected chi connectivity index (χ4v) is 3.06. The van der Waals surface area contributed by atoms with Crippen LogP contribution in [0.5, 0.6) is 11.5 Å². The van der Waals surface area contributed by atoms with E-state index < -0.39 is 5.30 Å². The molecule has 30 heavy (non-hydrogen) atoms. The lowest BCUT2D eigenvalue weighted by Gasteiger charge is -2.29. The van der Waals surface area contributed by atoms with Crippen molar-refractivity contribution < 1.29 is 9.47 Å². The second kappa shape index (κ2) is 8.13. The predicted octanol–water partition coefficient (Wildman–Crippen LogP) is -1.53. The summed E-state index contributed by atoms with van der Waals surface area (Å²) in [6.07, 6.45) is 1.51. The van der Waals surface area contributed by atoms with Crippen LogP contribution in [0.15, 0.2) is 36.5 Å². The molecule has 0 saturated carbocycles. The first-order chi connectivity index (χ1) is 14.0. The van der Waals surface area contributed by atoms with Crippen molar-refractivity contribution in [3.63, 3.8) is 0 Å². The van der Waals surface area contributed by atoms with E-state index in [-0.39, 0.29) is 27.9 Å². The van der Waals surface area contributed by atoms with Crippen LogP contribution in [0.25, 0.3) is 22.3 Å². The van der Waals surface area contributed by atoms with Crippen molar-refractivity contribution >= 4 is 75.0 Å². The number of nitrogens with two attached hydrogens (primary N) is 2. The summed E-state index contributed by atoms with van der Waals surface area (Å²) in [5.41, 5.74) is 15.1. The van der Waals surface area contributed by atoms with Crippen LogP contribution in [0.2, 0.25) is 0 Å².